The lowest BCUT2D eigenvalue weighted by Gasteiger charge is -2.19. The number of amides is 3. The van der Waals surface area contributed by atoms with Crippen LogP contribution in [0.5, 0.6) is 0 Å². The van der Waals surface area contributed by atoms with Crippen LogP contribution < -0.4 is 16.0 Å². The van der Waals surface area contributed by atoms with Gasteiger partial charge in [0.15, 0.2) is 0 Å². The van der Waals surface area contributed by atoms with Crippen LogP contribution in [-0.4, -0.2) is 67.4 Å². The highest BCUT2D eigenvalue weighted by Gasteiger charge is 2.26. The van der Waals surface area contributed by atoms with E-state index < -0.39 is 17.7 Å². The van der Waals surface area contributed by atoms with Crippen molar-refractivity contribution in [2.24, 2.45) is 0 Å². The van der Waals surface area contributed by atoms with E-state index in [-0.39, 0.29) is 39.5 Å². The minimum Gasteiger partial charge on any atom is -0.462 e. The standard InChI is InChI=1S/C28H36N4O7.H2/c1-6-38-26(35)21-13-17(2)31-23(21)16-20-19-14-18(7-8-22(19)32-25(20)34)15-24(33)29-9-11-37-12-10-30-27(36)39-28(3,4)5;/h7-8,13-14,16,31H,6,9-12,15H2,1-5H3,(H,29,33)(H,30,36)(H,32,34);1H/b20-16-;. The number of anilines is 1. The number of carbonyl (C=O) groups is 4. The van der Waals surface area contributed by atoms with Gasteiger partial charge in [-0.25, -0.2) is 9.59 Å². The Morgan fingerprint density at radius 3 is 2.49 bits per heavy atom. The first kappa shape index (κ1) is 29.4. The minimum absolute atomic E-state index is 0. The van der Waals surface area contributed by atoms with Gasteiger partial charge in [0.25, 0.3) is 5.91 Å². The smallest absolute Gasteiger partial charge is 0.407 e. The largest absolute Gasteiger partial charge is 0.462 e. The van der Waals surface area contributed by atoms with Crippen LogP contribution in [0.1, 0.15) is 62.0 Å². The molecular formula is C28H38N4O7. The first-order valence-electron chi connectivity index (χ1n) is 12.8. The van der Waals surface area contributed by atoms with Crippen LogP contribution in [-0.2, 0) is 30.2 Å². The molecule has 39 heavy (non-hydrogen) atoms. The molecule has 0 aliphatic carbocycles. The van der Waals surface area contributed by atoms with Crippen molar-refractivity contribution in [3.63, 3.8) is 0 Å². The van der Waals surface area contributed by atoms with Crippen molar-refractivity contribution in [2.45, 2.75) is 46.6 Å². The van der Waals surface area contributed by atoms with Gasteiger partial charge in [0, 0.05) is 31.5 Å². The molecule has 0 bridgehead atoms. The summed E-state index contributed by atoms with van der Waals surface area (Å²) in [6.07, 6.45) is 1.23. The molecule has 2 aromatic rings. The Morgan fingerprint density at radius 1 is 1.08 bits per heavy atom. The van der Waals surface area contributed by atoms with E-state index in [0.717, 1.165) is 11.3 Å². The van der Waals surface area contributed by atoms with Crippen LogP contribution in [0.3, 0.4) is 0 Å². The number of fused-ring (bicyclic) bond motifs is 1. The summed E-state index contributed by atoms with van der Waals surface area (Å²) in [5, 5.41) is 8.21. The molecule has 0 unspecified atom stereocenters. The van der Waals surface area contributed by atoms with E-state index in [1.807, 2.05) is 6.92 Å². The Labute approximate surface area is 229 Å². The lowest BCUT2D eigenvalue weighted by Crippen LogP contribution is -2.34. The van der Waals surface area contributed by atoms with Gasteiger partial charge in [-0.2, -0.15) is 0 Å². The van der Waals surface area contributed by atoms with E-state index in [9.17, 15) is 19.2 Å². The Kier molecular flexibility index (Phi) is 9.89. The average Bonchev–Trinajstić information content (AvgIpc) is 3.36. The summed E-state index contributed by atoms with van der Waals surface area (Å²) in [6.45, 7) is 10.3. The van der Waals surface area contributed by atoms with Crippen LogP contribution in [0.4, 0.5) is 10.5 Å². The lowest BCUT2D eigenvalue weighted by atomic mass is 10.0. The Morgan fingerprint density at radius 2 is 1.79 bits per heavy atom. The molecule has 0 saturated carbocycles. The van der Waals surface area contributed by atoms with E-state index in [2.05, 4.69) is 20.9 Å². The number of rotatable bonds is 11. The number of aryl methyl sites for hydroxylation is 1. The van der Waals surface area contributed by atoms with Crippen molar-refractivity contribution in [2.75, 3.05) is 38.2 Å². The Balaban J connectivity index is 0.00000560. The molecule has 0 spiro atoms. The summed E-state index contributed by atoms with van der Waals surface area (Å²) in [5.74, 6) is -0.967. The van der Waals surface area contributed by atoms with Crippen molar-refractivity contribution in [1.29, 1.82) is 0 Å². The molecule has 11 heteroatoms. The zero-order valence-electron chi connectivity index (χ0n) is 23.0. The molecule has 0 atom stereocenters. The van der Waals surface area contributed by atoms with Crippen molar-refractivity contribution in [1.82, 2.24) is 15.6 Å². The van der Waals surface area contributed by atoms with Gasteiger partial charge in [0.1, 0.15) is 5.60 Å². The summed E-state index contributed by atoms with van der Waals surface area (Å²) in [5.41, 5.74) is 3.41. The zero-order chi connectivity index (χ0) is 28.6. The molecule has 3 rings (SSSR count). The summed E-state index contributed by atoms with van der Waals surface area (Å²) in [7, 11) is 0. The Hall–Kier alpha value is -4.12. The zero-order valence-corrected chi connectivity index (χ0v) is 23.0. The van der Waals surface area contributed by atoms with E-state index in [0.29, 0.717) is 41.2 Å². The molecule has 212 valence electrons. The number of H-pyrrole nitrogens is 1. The monoisotopic (exact) mass is 542 g/mol. The number of hydrogen-bond donors (Lipinski definition) is 4. The van der Waals surface area contributed by atoms with Crippen LogP contribution >= 0.6 is 0 Å². The van der Waals surface area contributed by atoms with Gasteiger partial charge in [0.05, 0.1) is 43.1 Å². The van der Waals surface area contributed by atoms with Gasteiger partial charge in [0.2, 0.25) is 5.91 Å². The van der Waals surface area contributed by atoms with Gasteiger partial charge in [-0.3, -0.25) is 9.59 Å². The van der Waals surface area contributed by atoms with Gasteiger partial charge in [-0.15, -0.1) is 0 Å². The fourth-order valence-corrected chi connectivity index (χ4v) is 3.89. The number of aromatic nitrogens is 1. The second kappa shape index (κ2) is 13.1. The van der Waals surface area contributed by atoms with Crippen LogP contribution in [0.2, 0.25) is 0 Å². The van der Waals surface area contributed by atoms with Gasteiger partial charge >= 0.3 is 12.1 Å². The summed E-state index contributed by atoms with van der Waals surface area (Å²) < 4.78 is 15.7. The number of alkyl carbamates (subject to hydrolysis) is 1. The van der Waals surface area contributed by atoms with Gasteiger partial charge in [-0.05, 0) is 64.5 Å². The topological polar surface area (TPSA) is 148 Å². The van der Waals surface area contributed by atoms with E-state index in [4.69, 9.17) is 14.2 Å². The average molecular weight is 543 g/mol. The summed E-state index contributed by atoms with van der Waals surface area (Å²) in [6, 6.07) is 7.00. The summed E-state index contributed by atoms with van der Waals surface area (Å²) >= 11 is 0. The predicted molar refractivity (Wildman–Crippen MR) is 148 cm³/mol. The fraction of sp³-hybridized carbons (Fsp3) is 0.429. The minimum atomic E-state index is -0.563. The first-order chi connectivity index (χ1) is 18.5. The molecule has 1 aliphatic rings. The number of nitrogens with one attached hydrogen (secondary N) is 4. The maximum absolute atomic E-state index is 12.7. The molecule has 3 amide bonds. The maximum Gasteiger partial charge on any atom is 0.407 e. The van der Waals surface area contributed by atoms with Crippen LogP contribution in [0.15, 0.2) is 24.3 Å². The number of esters is 1. The SMILES string of the molecule is CCOC(=O)c1cc(C)[nH]c1/C=C1\C(=O)Nc2ccc(CC(=O)NCCOCCNC(=O)OC(C)(C)C)cc21.[HH]. The highest BCUT2D eigenvalue weighted by atomic mass is 16.6. The third-order valence-electron chi connectivity index (χ3n) is 5.48. The van der Waals surface area contributed by atoms with Gasteiger partial charge in [-0.1, -0.05) is 6.07 Å². The molecule has 2 heterocycles. The van der Waals surface area contributed by atoms with Crippen molar-refractivity contribution >= 4 is 41.2 Å². The first-order valence-corrected chi connectivity index (χ1v) is 12.8. The van der Waals surface area contributed by atoms with Crippen molar-refractivity contribution < 1.29 is 34.8 Å². The third kappa shape index (κ3) is 8.71. The number of benzene rings is 1. The number of ether oxygens (including phenoxy) is 3. The molecular weight excluding hydrogens is 504 g/mol. The Bertz CT molecular complexity index is 1260. The van der Waals surface area contributed by atoms with Crippen molar-refractivity contribution in [3.05, 3.63) is 52.3 Å². The van der Waals surface area contributed by atoms with Crippen LogP contribution in [0, 0.1) is 6.92 Å². The van der Waals surface area contributed by atoms with E-state index >= 15 is 0 Å². The van der Waals surface area contributed by atoms with Gasteiger partial charge < -0.3 is 35.1 Å². The van der Waals surface area contributed by atoms with Crippen molar-refractivity contribution in [3.8, 4) is 0 Å². The number of hydrogen-bond acceptors (Lipinski definition) is 7. The molecule has 0 radical (unpaired) electrons. The second-order valence-corrected chi connectivity index (χ2v) is 9.96. The fourth-order valence-electron chi connectivity index (χ4n) is 3.89. The molecule has 1 aromatic carbocycles. The number of carbonyl (C=O) groups excluding carboxylic acids is 4. The normalized spacial score (nSPS) is 13.6. The maximum atomic E-state index is 12.7. The lowest BCUT2D eigenvalue weighted by molar-refractivity contribution is -0.120. The highest BCUT2D eigenvalue weighted by Crippen LogP contribution is 2.34. The molecule has 0 fully saturated rings. The molecule has 1 aromatic heterocycles. The molecule has 11 nitrogen and oxygen atoms in total. The highest BCUT2D eigenvalue weighted by molar-refractivity contribution is 6.35. The third-order valence-corrected chi connectivity index (χ3v) is 5.48. The van der Waals surface area contributed by atoms with Crippen LogP contribution in [0.25, 0.3) is 11.6 Å². The molecule has 4 N–H and O–H groups in total. The second-order valence-electron chi connectivity index (χ2n) is 9.96. The quantitative estimate of drug-likeness (QED) is 0.193. The molecule has 1 aliphatic heterocycles. The molecule has 0 saturated heterocycles. The predicted octanol–water partition coefficient (Wildman–Crippen LogP) is 3.44. The van der Waals surface area contributed by atoms with E-state index in [1.54, 1.807) is 58.0 Å². The summed E-state index contributed by atoms with van der Waals surface area (Å²) in [4.78, 5) is 52.2. The van der Waals surface area contributed by atoms with E-state index in [1.165, 1.54) is 0 Å². The number of aromatic amines is 1.